The van der Waals surface area contributed by atoms with E-state index in [1.165, 1.54) is 0 Å². The maximum atomic E-state index is 8.81. The van der Waals surface area contributed by atoms with Crippen LogP contribution in [0.1, 0.15) is 24.9 Å². The number of anilines is 2. The molecule has 0 radical (unpaired) electrons. The summed E-state index contributed by atoms with van der Waals surface area (Å²) >= 11 is 0. The lowest BCUT2D eigenvalue weighted by Crippen LogP contribution is -2.19. The summed E-state index contributed by atoms with van der Waals surface area (Å²) in [5.41, 5.74) is 7.87. The molecule has 0 fully saturated rings. The van der Waals surface area contributed by atoms with E-state index in [1.807, 2.05) is 54.3 Å². The van der Waals surface area contributed by atoms with Gasteiger partial charge in [-0.15, -0.1) is 0 Å². The molecule has 2 rings (SSSR count). The summed E-state index contributed by atoms with van der Waals surface area (Å²) in [5.74, 6) is 0.829. The van der Waals surface area contributed by atoms with Gasteiger partial charge >= 0.3 is 0 Å². The lowest BCUT2D eigenvalue weighted by atomic mass is 10.1. The Balaban J connectivity index is 2.29. The predicted octanol–water partition coefficient (Wildman–Crippen LogP) is 3.15. The van der Waals surface area contributed by atoms with Crippen molar-refractivity contribution in [3.63, 3.8) is 0 Å². The number of hydrogen-bond donors (Lipinski definition) is 1. The first kappa shape index (κ1) is 14.0. The van der Waals surface area contributed by atoms with Gasteiger partial charge in [-0.1, -0.05) is 24.3 Å². The molecule has 0 aliphatic rings. The largest absolute Gasteiger partial charge is 0.325 e. The molecular formula is C16H18N4. The van der Waals surface area contributed by atoms with Crippen LogP contribution in [0.15, 0.2) is 48.7 Å². The fourth-order valence-corrected chi connectivity index (χ4v) is 1.97. The zero-order chi connectivity index (χ0) is 14.4. The molecule has 2 aromatic rings. The fraction of sp³-hybridized carbons (Fsp3) is 0.250. The zero-order valence-corrected chi connectivity index (χ0v) is 11.5. The SMILES string of the molecule is C[C@@H](N)c1ccc(N(CCC#N)c2ccccc2)nc1. The van der Waals surface area contributed by atoms with Crippen molar-refractivity contribution >= 4 is 11.5 Å². The highest BCUT2D eigenvalue weighted by Crippen LogP contribution is 2.24. The van der Waals surface area contributed by atoms with Crippen molar-refractivity contribution in [1.82, 2.24) is 4.98 Å². The summed E-state index contributed by atoms with van der Waals surface area (Å²) in [4.78, 5) is 6.50. The Morgan fingerprint density at radius 3 is 2.55 bits per heavy atom. The second kappa shape index (κ2) is 6.69. The first-order chi connectivity index (χ1) is 9.72. The molecule has 4 heteroatoms. The normalized spacial score (nSPS) is 11.7. The molecule has 1 atom stereocenters. The molecule has 0 saturated heterocycles. The second-order valence-electron chi connectivity index (χ2n) is 4.63. The lowest BCUT2D eigenvalue weighted by Gasteiger charge is -2.23. The summed E-state index contributed by atoms with van der Waals surface area (Å²) in [7, 11) is 0. The number of benzene rings is 1. The third-order valence-electron chi connectivity index (χ3n) is 3.09. The van der Waals surface area contributed by atoms with Crippen molar-refractivity contribution in [3.8, 4) is 6.07 Å². The van der Waals surface area contributed by atoms with Crippen LogP contribution in [0.2, 0.25) is 0 Å². The Morgan fingerprint density at radius 2 is 2.00 bits per heavy atom. The minimum Gasteiger partial charge on any atom is -0.325 e. The van der Waals surface area contributed by atoms with Gasteiger partial charge in [0.05, 0.1) is 12.5 Å². The van der Waals surface area contributed by atoms with E-state index in [1.54, 1.807) is 6.20 Å². The second-order valence-corrected chi connectivity index (χ2v) is 4.63. The van der Waals surface area contributed by atoms with E-state index in [9.17, 15) is 0 Å². The Hall–Kier alpha value is -2.38. The number of nitrogens with zero attached hydrogens (tertiary/aromatic N) is 3. The quantitative estimate of drug-likeness (QED) is 0.902. The van der Waals surface area contributed by atoms with Crippen molar-refractivity contribution in [3.05, 3.63) is 54.2 Å². The first-order valence-electron chi connectivity index (χ1n) is 6.63. The van der Waals surface area contributed by atoms with Crippen LogP contribution < -0.4 is 10.6 Å². The molecule has 0 saturated carbocycles. The number of rotatable bonds is 5. The summed E-state index contributed by atoms with van der Waals surface area (Å²) in [5, 5.41) is 8.81. The van der Waals surface area contributed by atoms with E-state index in [0.29, 0.717) is 13.0 Å². The van der Waals surface area contributed by atoms with Gasteiger partial charge in [0, 0.05) is 24.5 Å². The van der Waals surface area contributed by atoms with E-state index in [2.05, 4.69) is 11.1 Å². The summed E-state index contributed by atoms with van der Waals surface area (Å²) in [6.45, 7) is 2.55. The average Bonchev–Trinajstić information content (AvgIpc) is 2.49. The van der Waals surface area contributed by atoms with Crippen LogP contribution in [-0.4, -0.2) is 11.5 Å². The van der Waals surface area contributed by atoms with Gasteiger partial charge in [0.1, 0.15) is 5.82 Å². The molecule has 4 nitrogen and oxygen atoms in total. The Kier molecular flexibility index (Phi) is 4.70. The maximum absolute atomic E-state index is 8.81. The van der Waals surface area contributed by atoms with Gasteiger partial charge in [0.15, 0.2) is 0 Å². The lowest BCUT2D eigenvalue weighted by molar-refractivity contribution is 0.809. The van der Waals surface area contributed by atoms with Crippen molar-refractivity contribution in [2.24, 2.45) is 5.73 Å². The molecule has 20 heavy (non-hydrogen) atoms. The highest BCUT2D eigenvalue weighted by molar-refractivity contribution is 5.59. The third kappa shape index (κ3) is 3.34. The molecule has 1 aromatic carbocycles. The smallest absolute Gasteiger partial charge is 0.132 e. The Morgan fingerprint density at radius 1 is 1.25 bits per heavy atom. The van der Waals surface area contributed by atoms with Crippen molar-refractivity contribution in [2.75, 3.05) is 11.4 Å². The molecule has 0 amide bonds. The summed E-state index contributed by atoms with van der Waals surface area (Å²) in [6.07, 6.45) is 2.24. The van der Waals surface area contributed by atoms with Crippen LogP contribution in [0, 0.1) is 11.3 Å². The molecular weight excluding hydrogens is 248 g/mol. The van der Waals surface area contributed by atoms with Gasteiger partial charge in [0.2, 0.25) is 0 Å². The van der Waals surface area contributed by atoms with E-state index in [-0.39, 0.29) is 6.04 Å². The van der Waals surface area contributed by atoms with E-state index in [4.69, 9.17) is 11.0 Å². The van der Waals surface area contributed by atoms with Crippen LogP contribution in [-0.2, 0) is 0 Å². The van der Waals surface area contributed by atoms with Crippen LogP contribution in [0.5, 0.6) is 0 Å². The Labute approximate surface area is 119 Å². The van der Waals surface area contributed by atoms with Crippen LogP contribution >= 0.6 is 0 Å². The van der Waals surface area contributed by atoms with Gasteiger partial charge in [-0.05, 0) is 30.7 Å². The van der Waals surface area contributed by atoms with E-state index in [0.717, 1.165) is 17.1 Å². The molecule has 1 heterocycles. The van der Waals surface area contributed by atoms with Gasteiger partial charge in [-0.3, -0.25) is 0 Å². The van der Waals surface area contributed by atoms with Crippen LogP contribution in [0.4, 0.5) is 11.5 Å². The molecule has 0 aliphatic carbocycles. The molecule has 102 valence electrons. The number of hydrogen-bond acceptors (Lipinski definition) is 4. The summed E-state index contributed by atoms with van der Waals surface area (Å²) < 4.78 is 0. The van der Waals surface area contributed by atoms with Gasteiger partial charge in [-0.2, -0.15) is 5.26 Å². The van der Waals surface area contributed by atoms with Crippen molar-refractivity contribution < 1.29 is 0 Å². The van der Waals surface area contributed by atoms with E-state index >= 15 is 0 Å². The molecule has 0 bridgehead atoms. The zero-order valence-electron chi connectivity index (χ0n) is 11.5. The average molecular weight is 266 g/mol. The summed E-state index contributed by atoms with van der Waals surface area (Å²) in [6, 6.07) is 16.0. The minimum absolute atomic E-state index is 0.0270. The standard InChI is InChI=1S/C16H18N4/c1-13(18)14-8-9-16(19-12-14)20(11-5-10-17)15-6-3-2-4-7-15/h2-4,6-9,12-13H,5,11,18H2,1H3/t13-/m1/s1. The van der Waals surface area contributed by atoms with Crippen LogP contribution in [0.25, 0.3) is 0 Å². The predicted molar refractivity (Wildman–Crippen MR) is 80.5 cm³/mol. The molecule has 2 N–H and O–H groups in total. The highest BCUT2D eigenvalue weighted by atomic mass is 15.2. The highest BCUT2D eigenvalue weighted by Gasteiger charge is 2.10. The van der Waals surface area contributed by atoms with Crippen molar-refractivity contribution in [1.29, 1.82) is 5.26 Å². The monoisotopic (exact) mass is 266 g/mol. The van der Waals surface area contributed by atoms with Crippen molar-refractivity contribution in [2.45, 2.75) is 19.4 Å². The number of para-hydroxylation sites is 1. The molecule has 0 unspecified atom stereocenters. The maximum Gasteiger partial charge on any atom is 0.132 e. The fourth-order valence-electron chi connectivity index (χ4n) is 1.97. The number of nitrogens with two attached hydrogens (primary N) is 1. The first-order valence-corrected chi connectivity index (χ1v) is 6.63. The third-order valence-corrected chi connectivity index (χ3v) is 3.09. The Bertz CT molecular complexity index is 570. The minimum atomic E-state index is -0.0270. The molecule has 1 aromatic heterocycles. The van der Waals surface area contributed by atoms with Gasteiger partial charge in [-0.25, -0.2) is 4.98 Å². The molecule has 0 spiro atoms. The van der Waals surface area contributed by atoms with Crippen LogP contribution in [0.3, 0.4) is 0 Å². The molecule has 0 aliphatic heterocycles. The van der Waals surface area contributed by atoms with Gasteiger partial charge < -0.3 is 10.6 Å². The van der Waals surface area contributed by atoms with Gasteiger partial charge in [0.25, 0.3) is 0 Å². The van der Waals surface area contributed by atoms with E-state index < -0.39 is 0 Å². The number of aromatic nitrogens is 1. The topological polar surface area (TPSA) is 65.9 Å². The number of pyridine rings is 1. The number of nitriles is 1.